The highest BCUT2D eigenvalue weighted by atomic mass is 79.9. The van der Waals surface area contributed by atoms with E-state index in [0.29, 0.717) is 11.4 Å². The number of hydrogen-bond acceptors (Lipinski definition) is 0. The Kier molecular flexibility index (Phi) is 17.3. The van der Waals surface area contributed by atoms with Gasteiger partial charge in [0.15, 0.2) is 0 Å². The lowest BCUT2D eigenvalue weighted by Crippen LogP contribution is -1.98. The van der Waals surface area contributed by atoms with Crippen LogP contribution in [0, 0.1) is 0 Å². The van der Waals surface area contributed by atoms with Gasteiger partial charge in [-0.05, 0) is 232 Å². The summed E-state index contributed by atoms with van der Waals surface area (Å²) in [6, 6.07) is 122. The monoisotopic (exact) mass is 1900 g/mol. The van der Waals surface area contributed by atoms with Crippen LogP contribution in [0.5, 0.6) is 0 Å². The highest BCUT2D eigenvalue weighted by Crippen LogP contribution is 2.47. The Balaban J connectivity index is 0.000000129. The summed E-state index contributed by atoms with van der Waals surface area (Å²) < 4.78 is 180. The molecule has 0 atom stereocenters. The average molecular weight is 1900 g/mol. The maximum absolute atomic E-state index is 9.00. The van der Waals surface area contributed by atoms with Crippen LogP contribution in [-0.2, 0) is 0 Å². The minimum absolute atomic E-state index is 0.0600. The maximum Gasteiger partial charge on any atom is 0.0629 e. The van der Waals surface area contributed by atoms with E-state index in [9.17, 15) is 0 Å². The Morgan fingerprint density at radius 3 is 0.833 bits per heavy atom. The third-order valence-electron chi connectivity index (χ3n) is 24.2. The zero-order valence-corrected chi connectivity index (χ0v) is 75.2. The Morgan fingerprint density at radius 2 is 0.424 bits per heavy atom. The summed E-state index contributed by atoms with van der Waals surface area (Å²) in [7, 11) is 0. The van der Waals surface area contributed by atoms with Crippen LogP contribution in [0.4, 0.5) is 0 Å². The topological polar surface area (TPSA) is 14.8 Å². The van der Waals surface area contributed by atoms with E-state index in [1.807, 2.05) is 106 Å². The molecule has 6 heteroatoms. The van der Waals surface area contributed by atoms with Crippen LogP contribution < -0.4 is 0 Å². The van der Waals surface area contributed by atoms with Crippen molar-refractivity contribution in [2.45, 2.75) is 0 Å². The van der Waals surface area contributed by atoms with E-state index in [0.717, 1.165) is 102 Å². The zero-order valence-electron chi connectivity index (χ0n) is 90.4. The molecule has 0 N–H and O–H groups in total. The molecule has 0 saturated carbocycles. The molecule has 0 saturated heterocycles. The summed E-state index contributed by atoms with van der Waals surface area (Å²) in [5, 5.41) is 6.24. The summed E-state index contributed by atoms with van der Waals surface area (Å²) in [4.78, 5) is 0. The van der Waals surface area contributed by atoms with Gasteiger partial charge in [0, 0.05) is 62.5 Å². The molecule has 0 aliphatic rings. The molecule has 0 bridgehead atoms. The summed E-state index contributed by atoms with van der Waals surface area (Å²) in [5.74, 6) is 0. The number of aromatic nitrogens is 3. The smallest absolute Gasteiger partial charge is 0.0629 e. The van der Waals surface area contributed by atoms with E-state index >= 15 is 0 Å². The number of halogens is 3. The fourth-order valence-electron chi connectivity index (χ4n) is 18.1. The van der Waals surface area contributed by atoms with Crippen molar-refractivity contribution in [3.8, 4) is 151 Å². The molecule has 0 aliphatic carbocycles. The molecule has 0 radical (unpaired) electrons. The van der Waals surface area contributed by atoms with Gasteiger partial charge in [0.1, 0.15) is 0 Å². The van der Waals surface area contributed by atoms with Crippen LogP contribution in [0.15, 0.2) is 523 Å². The second-order valence-corrected chi connectivity index (χ2v) is 34.6. The van der Waals surface area contributed by atoms with Crippen LogP contribution in [0.2, 0.25) is 0 Å². The predicted octanol–water partition coefficient (Wildman–Crippen LogP) is 36.6. The summed E-state index contributed by atoms with van der Waals surface area (Å²) in [6.07, 6.45) is 0. The molecule has 0 unspecified atom stereocenters. The highest BCUT2D eigenvalue weighted by molar-refractivity contribution is 9.11. The van der Waals surface area contributed by atoms with Gasteiger partial charge in [-0.15, -0.1) is 0 Å². The average Bonchev–Trinajstić information content (AvgIpc) is 1.53. The number of nitrogens with zero attached hydrogens (tertiary/aromatic N) is 3. The number of para-hydroxylation sites is 4. The van der Waals surface area contributed by atoms with Gasteiger partial charge in [0.05, 0.1) is 71.9 Å². The maximum atomic E-state index is 9.00. The molecular weight excluding hydrogens is 1800 g/mol. The third-order valence-corrected chi connectivity index (χ3v) is 25.8. The first-order chi connectivity index (χ1) is 73.5. The summed E-state index contributed by atoms with van der Waals surface area (Å²) in [5.41, 5.74) is 26.2. The Labute approximate surface area is 821 Å². The van der Waals surface area contributed by atoms with Crippen molar-refractivity contribution < 1.29 is 27.4 Å². The van der Waals surface area contributed by atoms with Crippen molar-refractivity contribution in [1.82, 2.24) is 13.7 Å². The van der Waals surface area contributed by atoms with Crippen molar-refractivity contribution in [1.29, 1.82) is 0 Å². The van der Waals surface area contributed by atoms with Crippen LogP contribution in [0.3, 0.4) is 0 Å². The van der Waals surface area contributed by atoms with Crippen molar-refractivity contribution >= 4 is 113 Å². The van der Waals surface area contributed by atoms with Gasteiger partial charge in [0.2, 0.25) is 0 Å². The number of benzene rings is 21. The highest BCUT2D eigenvalue weighted by Gasteiger charge is 2.23. The van der Waals surface area contributed by atoms with Crippen molar-refractivity contribution in [3.63, 3.8) is 0 Å². The normalized spacial score (nSPS) is 13.4. The minimum atomic E-state index is -0.539. The first kappa shape index (κ1) is 62.6. The van der Waals surface area contributed by atoms with Gasteiger partial charge in [0.25, 0.3) is 0 Å². The van der Waals surface area contributed by atoms with E-state index < -0.39 is 121 Å². The fraction of sp³-hybridized carbons (Fsp3) is 0. The Morgan fingerprint density at radius 1 is 0.152 bits per heavy atom. The first-order valence-corrected chi connectivity index (χ1v) is 45.4. The molecule has 624 valence electrons. The molecule has 0 fully saturated rings. The van der Waals surface area contributed by atoms with Gasteiger partial charge in [-0.25, -0.2) is 0 Å². The quantitative estimate of drug-likeness (QED) is 0.0972. The standard InChI is InChI=1S/3C42H28BrN/c43-34-23-19-31(20-24-34)35-15-7-8-16-36(35)33-21-25-38-37-17-9-10-18-40(37)44(42(38)28-33)41-26-22-32(29-11-3-1-4-12-29)27-39(41)30-13-5-2-6-14-30;43-35-22-19-31(20-23-35)37-15-7-8-16-38(37)32-21-24-40-39-17-9-10-18-41(39)44(42(40)28-32)36-26-33(29-11-3-1-4-12-29)25-34(27-36)30-13-5-2-6-14-30;43-34-25-22-31(23-26-34)35-12-4-5-13-36(35)33-24-27-39-38-15-7-9-17-41(38)44(42(39)28-33)40-16-8-6-14-37(40)32-20-18-30(19-21-32)29-10-2-1-3-11-29/h3*1-28H/i2*1D,2D,3D,4D,5D,6D,11D,12D,13D,14D;. The second kappa shape index (κ2) is 36.5. The molecule has 3 aromatic heterocycles. The third kappa shape index (κ3) is 16.2. The van der Waals surface area contributed by atoms with E-state index in [4.69, 9.17) is 27.4 Å². The van der Waals surface area contributed by atoms with E-state index in [1.165, 1.54) is 78.1 Å². The second-order valence-electron chi connectivity index (χ2n) is 31.9. The van der Waals surface area contributed by atoms with Gasteiger partial charge in [-0.3, -0.25) is 0 Å². The fourth-order valence-corrected chi connectivity index (χ4v) is 18.9. The van der Waals surface area contributed by atoms with Gasteiger partial charge >= 0.3 is 0 Å². The molecule has 0 aliphatic heterocycles. The number of fused-ring (bicyclic) bond motifs is 9. The van der Waals surface area contributed by atoms with Gasteiger partial charge in [-0.1, -0.05) is 448 Å². The van der Waals surface area contributed by atoms with Crippen LogP contribution in [-0.4, -0.2) is 13.7 Å². The van der Waals surface area contributed by atoms with Crippen molar-refractivity contribution in [3.05, 3.63) is 523 Å². The predicted molar refractivity (Wildman–Crippen MR) is 571 cm³/mol. The molecule has 24 rings (SSSR count). The first-order valence-electron chi connectivity index (χ1n) is 53.0. The largest absolute Gasteiger partial charge is 0.309 e. The van der Waals surface area contributed by atoms with Crippen molar-refractivity contribution in [2.75, 3.05) is 0 Å². The van der Waals surface area contributed by atoms with E-state index in [2.05, 4.69) is 307 Å². The zero-order chi connectivity index (χ0) is 106. The molecule has 24 aromatic rings. The lowest BCUT2D eigenvalue weighted by molar-refractivity contribution is 1.18. The number of rotatable bonds is 15. The Hall–Kier alpha value is -15.5. The SMILES string of the molecule is Brc1ccc(-c2ccccc2-c2ccc3c4ccccc4n(-c4ccccc4-c4ccc(-c5ccccc5)cc4)c3c2)cc1.[2H]c1c([2H])c([2H])c(-c2cc(-c3c([2H])c([2H])c([2H])c([2H])c3[2H])cc(-n3c4ccccc4c4ccc(-c5ccccc5-c5ccc(Br)cc5)cc43)c2)c([2H])c1[2H].[2H]c1c([2H])c([2H])c(-c2ccc(-n3c4ccccc4c4ccc(-c5ccccc5-c5ccc(Br)cc5)cc43)c(-c3c([2H])c([2H])c([2H])c([2H])c3[2H])c2)c([2H])c1[2H]. The summed E-state index contributed by atoms with van der Waals surface area (Å²) >= 11 is 10.7. The molecule has 21 aromatic carbocycles. The van der Waals surface area contributed by atoms with Crippen molar-refractivity contribution in [2.24, 2.45) is 0 Å². The molecule has 3 nitrogen and oxygen atoms in total. The van der Waals surface area contributed by atoms with Gasteiger partial charge < -0.3 is 13.7 Å². The van der Waals surface area contributed by atoms with E-state index in [-0.39, 0.29) is 44.5 Å². The Bertz CT molecular complexity index is 9510. The molecule has 132 heavy (non-hydrogen) atoms. The van der Waals surface area contributed by atoms with Crippen LogP contribution in [0.1, 0.15) is 27.4 Å². The molecule has 0 spiro atoms. The molecular formula is C126H84Br3N3. The van der Waals surface area contributed by atoms with E-state index in [1.54, 1.807) is 30.3 Å². The lowest BCUT2D eigenvalue weighted by atomic mass is 9.94. The van der Waals surface area contributed by atoms with Crippen LogP contribution in [0.25, 0.3) is 216 Å². The van der Waals surface area contributed by atoms with Crippen LogP contribution >= 0.6 is 47.8 Å². The minimum Gasteiger partial charge on any atom is -0.309 e. The summed E-state index contributed by atoms with van der Waals surface area (Å²) in [6.45, 7) is 0. The molecule has 0 amide bonds. The molecule has 3 heterocycles. The lowest BCUT2D eigenvalue weighted by Gasteiger charge is -2.17. The van der Waals surface area contributed by atoms with Gasteiger partial charge in [-0.2, -0.15) is 0 Å². The number of hydrogen-bond donors (Lipinski definition) is 0.